The Morgan fingerprint density at radius 2 is 1.44 bits per heavy atom. The van der Waals surface area contributed by atoms with Gasteiger partial charge >= 0.3 is 0 Å². The molecule has 0 heterocycles. The molecule has 0 aliphatic rings. The summed E-state index contributed by atoms with van der Waals surface area (Å²) >= 11 is 9.53. The van der Waals surface area contributed by atoms with Gasteiger partial charge in [-0.15, -0.1) is 23.2 Å². The van der Waals surface area contributed by atoms with Crippen molar-refractivity contribution in [3.63, 3.8) is 0 Å². The lowest BCUT2D eigenvalue weighted by atomic mass is 10.8. The molecule has 0 aromatic carbocycles. The van der Waals surface area contributed by atoms with Gasteiger partial charge in [-0.2, -0.15) is 0 Å². The van der Waals surface area contributed by atoms with Crippen LogP contribution in [0.4, 0.5) is 0 Å². The van der Waals surface area contributed by atoms with Crippen LogP contribution in [0.25, 0.3) is 0 Å². The summed E-state index contributed by atoms with van der Waals surface area (Å²) in [6.07, 6.45) is -0.0648. The van der Waals surface area contributed by atoms with Gasteiger partial charge in [0.25, 0.3) is 0 Å². The van der Waals surface area contributed by atoms with E-state index in [2.05, 4.69) is 9.47 Å². The van der Waals surface area contributed by atoms with Gasteiger partial charge in [-0.1, -0.05) is 0 Å². The predicted octanol–water partition coefficient (Wildman–Crippen LogP) is 2.05. The van der Waals surface area contributed by atoms with E-state index in [9.17, 15) is 0 Å². The molecule has 0 amide bonds. The molecule has 58 valence electrons. The molecule has 0 rings (SSSR count). The Hall–Kier alpha value is 0.500. The van der Waals surface area contributed by atoms with E-state index in [0.29, 0.717) is 0 Å². The van der Waals surface area contributed by atoms with Gasteiger partial charge in [-0.3, -0.25) is 0 Å². The smallest absolute Gasteiger partial charge is 0.154 e. The molecule has 4 heteroatoms. The number of rotatable bonds is 2. The SMILES string of the molecule is COC(C)OC.ClCCl. The third kappa shape index (κ3) is 17.7. The van der Waals surface area contributed by atoms with Crippen molar-refractivity contribution in [2.75, 3.05) is 19.6 Å². The average molecular weight is 175 g/mol. The second kappa shape index (κ2) is 11.3. The summed E-state index contributed by atoms with van der Waals surface area (Å²) in [5.41, 5.74) is 0. The summed E-state index contributed by atoms with van der Waals surface area (Å²) < 4.78 is 9.35. The monoisotopic (exact) mass is 174 g/mol. The summed E-state index contributed by atoms with van der Waals surface area (Å²) in [5.74, 6) is 0. The largest absolute Gasteiger partial charge is 0.356 e. The fourth-order valence-corrected chi connectivity index (χ4v) is 0.0962. The lowest BCUT2D eigenvalue weighted by Gasteiger charge is -2.03. The Morgan fingerprint density at radius 3 is 1.44 bits per heavy atom. The number of methoxy groups -OCH3 is 2. The molecule has 2 nitrogen and oxygen atoms in total. The van der Waals surface area contributed by atoms with E-state index in [1.165, 1.54) is 0 Å². The van der Waals surface area contributed by atoms with Gasteiger partial charge < -0.3 is 9.47 Å². The van der Waals surface area contributed by atoms with E-state index in [0.717, 1.165) is 0 Å². The van der Waals surface area contributed by atoms with Crippen LogP contribution in [0.5, 0.6) is 0 Å². The molecule has 0 aliphatic heterocycles. The number of halogens is 2. The fourth-order valence-electron chi connectivity index (χ4n) is 0.0962. The third-order valence-electron chi connectivity index (χ3n) is 0.664. The van der Waals surface area contributed by atoms with Crippen molar-refractivity contribution in [3.8, 4) is 0 Å². The molecule has 0 unspecified atom stereocenters. The van der Waals surface area contributed by atoms with Crippen molar-refractivity contribution in [2.45, 2.75) is 13.2 Å². The summed E-state index contributed by atoms with van der Waals surface area (Å²) in [7, 11) is 3.21. The Labute approximate surface area is 66.0 Å². The topological polar surface area (TPSA) is 18.5 Å². The fraction of sp³-hybridized carbons (Fsp3) is 1.00. The highest BCUT2D eigenvalue weighted by Gasteiger charge is 1.87. The molecule has 0 fully saturated rings. The van der Waals surface area contributed by atoms with Crippen molar-refractivity contribution in [1.29, 1.82) is 0 Å². The quantitative estimate of drug-likeness (QED) is 0.472. The molecule has 0 saturated heterocycles. The average Bonchev–Trinajstić information content (AvgIpc) is 1.88. The van der Waals surface area contributed by atoms with Crippen LogP contribution in [0.3, 0.4) is 0 Å². The third-order valence-corrected chi connectivity index (χ3v) is 0.664. The van der Waals surface area contributed by atoms with Crippen LogP contribution >= 0.6 is 23.2 Å². The van der Waals surface area contributed by atoms with E-state index < -0.39 is 0 Å². The first-order chi connectivity index (χ1) is 4.22. The van der Waals surface area contributed by atoms with E-state index in [1.807, 2.05) is 6.92 Å². The van der Waals surface area contributed by atoms with E-state index >= 15 is 0 Å². The van der Waals surface area contributed by atoms with Crippen LogP contribution in [0.2, 0.25) is 0 Å². The standard InChI is InChI=1S/C4H10O2.CH2Cl2/c1-4(5-2)6-3;2-1-3/h4H,1-3H3;1H2. The van der Waals surface area contributed by atoms with Crippen molar-refractivity contribution in [1.82, 2.24) is 0 Å². The normalized spacial score (nSPS) is 8.67. The van der Waals surface area contributed by atoms with Gasteiger partial charge in [0.2, 0.25) is 0 Å². The minimum atomic E-state index is -0.0648. The Morgan fingerprint density at radius 1 is 1.22 bits per heavy atom. The second-order valence-corrected chi connectivity index (χ2v) is 1.95. The minimum Gasteiger partial charge on any atom is -0.356 e. The molecule has 0 aliphatic carbocycles. The van der Waals surface area contributed by atoms with Gasteiger partial charge in [-0.25, -0.2) is 0 Å². The van der Waals surface area contributed by atoms with Crippen LogP contribution in [0.15, 0.2) is 0 Å². The maximum atomic E-state index is 4.76. The van der Waals surface area contributed by atoms with Gasteiger partial charge in [0.1, 0.15) is 0 Å². The lowest BCUT2D eigenvalue weighted by Crippen LogP contribution is -2.05. The second-order valence-electron chi connectivity index (χ2n) is 1.14. The molecule has 9 heavy (non-hydrogen) atoms. The predicted molar refractivity (Wildman–Crippen MR) is 40.1 cm³/mol. The lowest BCUT2D eigenvalue weighted by molar-refractivity contribution is -0.0877. The molecule has 0 atom stereocenters. The Kier molecular flexibility index (Phi) is 15.3. The molecular formula is C5H12Cl2O2. The molecule has 0 saturated carbocycles. The number of hydrogen-bond donors (Lipinski definition) is 0. The highest BCUT2D eigenvalue weighted by Crippen LogP contribution is 1.82. The number of ether oxygens (including phenoxy) is 2. The summed E-state index contributed by atoms with van der Waals surface area (Å²) in [6.45, 7) is 1.83. The van der Waals surface area contributed by atoms with E-state index in [4.69, 9.17) is 23.2 Å². The van der Waals surface area contributed by atoms with Crippen LogP contribution in [-0.4, -0.2) is 25.8 Å². The highest BCUT2D eigenvalue weighted by molar-refractivity contribution is 6.40. The van der Waals surface area contributed by atoms with Gasteiger partial charge in [0, 0.05) is 14.2 Å². The van der Waals surface area contributed by atoms with Gasteiger partial charge in [-0.05, 0) is 6.92 Å². The molecular weight excluding hydrogens is 163 g/mol. The minimum absolute atomic E-state index is 0.0648. The van der Waals surface area contributed by atoms with Gasteiger partial charge in [0.05, 0.1) is 5.34 Å². The maximum absolute atomic E-state index is 4.76. The first-order valence-corrected chi connectivity index (χ1v) is 3.47. The zero-order valence-electron chi connectivity index (χ0n) is 5.86. The summed E-state index contributed by atoms with van der Waals surface area (Å²) in [4.78, 5) is 0. The van der Waals surface area contributed by atoms with Crippen LogP contribution < -0.4 is 0 Å². The maximum Gasteiger partial charge on any atom is 0.154 e. The zero-order chi connectivity index (χ0) is 7.70. The van der Waals surface area contributed by atoms with Crippen molar-refractivity contribution in [3.05, 3.63) is 0 Å². The molecule has 0 N–H and O–H groups in total. The van der Waals surface area contributed by atoms with E-state index in [1.54, 1.807) is 14.2 Å². The molecule has 0 radical (unpaired) electrons. The van der Waals surface area contributed by atoms with E-state index in [-0.39, 0.29) is 11.6 Å². The summed E-state index contributed by atoms with van der Waals surface area (Å²) in [5, 5.41) is 0.194. The number of hydrogen-bond acceptors (Lipinski definition) is 2. The molecule has 0 aromatic rings. The Bertz CT molecular complexity index is 39.9. The molecule has 0 bridgehead atoms. The van der Waals surface area contributed by atoms with Crippen molar-refractivity contribution < 1.29 is 9.47 Å². The number of alkyl halides is 2. The van der Waals surface area contributed by atoms with Gasteiger partial charge in [0.15, 0.2) is 6.29 Å². The highest BCUT2D eigenvalue weighted by atomic mass is 35.5. The van der Waals surface area contributed by atoms with Crippen LogP contribution in [0, 0.1) is 0 Å². The summed E-state index contributed by atoms with van der Waals surface area (Å²) in [6, 6.07) is 0. The molecule has 0 spiro atoms. The van der Waals surface area contributed by atoms with Crippen molar-refractivity contribution >= 4 is 23.2 Å². The first-order valence-electron chi connectivity index (χ1n) is 2.40. The van der Waals surface area contributed by atoms with Crippen LogP contribution in [-0.2, 0) is 9.47 Å². The van der Waals surface area contributed by atoms with Crippen molar-refractivity contribution in [2.24, 2.45) is 0 Å². The first kappa shape index (κ1) is 12.2. The zero-order valence-corrected chi connectivity index (χ0v) is 7.37. The molecule has 0 aromatic heterocycles. The Balaban J connectivity index is 0. The van der Waals surface area contributed by atoms with Crippen LogP contribution in [0.1, 0.15) is 6.92 Å².